The molecule has 7 nitrogen and oxygen atoms in total. The highest BCUT2D eigenvalue weighted by Crippen LogP contribution is 2.14. The van der Waals surface area contributed by atoms with E-state index in [-0.39, 0.29) is 18.2 Å². The van der Waals surface area contributed by atoms with Crippen LogP contribution in [0.25, 0.3) is 0 Å². The highest BCUT2D eigenvalue weighted by molar-refractivity contribution is 6.43. The topological polar surface area (TPSA) is 79.6 Å². The zero-order chi connectivity index (χ0) is 17.1. The summed E-state index contributed by atoms with van der Waals surface area (Å²) in [6.45, 7) is 0.505. The van der Waals surface area contributed by atoms with Gasteiger partial charge in [0.2, 0.25) is 5.91 Å². The molecule has 1 aliphatic rings. The van der Waals surface area contributed by atoms with Crippen LogP contribution in [-0.4, -0.2) is 39.4 Å². The number of aromatic nitrogens is 2. The molecule has 0 bridgehead atoms. The fraction of sp³-hybridized carbons (Fsp3) is 0.250. The van der Waals surface area contributed by atoms with Crippen molar-refractivity contribution in [2.24, 2.45) is 5.10 Å². The molecule has 2 heterocycles. The van der Waals surface area contributed by atoms with E-state index in [1.165, 1.54) is 5.01 Å². The van der Waals surface area contributed by atoms with E-state index in [1.54, 1.807) is 24.0 Å². The second kappa shape index (κ2) is 6.84. The van der Waals surface area contributed by atoms with Gasteiger partial charge in [0.15, 0.2) is 0 Å². The van der Waals surface area contributed by atoms with E-state index >= 15 is 0 Å². The molecule has 0 unspecified atom stereocenters. The summed E-state index contributed by atoms with van der Waals surface area (Å²) in [4.78, 5) is 23.8. The van der Waals surface area contributed by atoms with E-state index in [1.807, 2.05) is 24.3 Å². The molecule has 3 rings (SSSR count). The van der Waals surface area contributed by atoms with Crippen molar-refractivity contribution in [2.45, 2.75) is 19.4 Å². The summed E-state index contributed by atoms with van der Waals surface area (Å²) in [7, 11) is 1.54. The Kier molecular flexibility index (Phi) is 4.61. The molecule has 24 heavy (non-hydrogen) atoms. The fourth-order valence-electron chi connectivity index (χ4n) is 2.35. The van der Waals surface area contributed by atoms with E-state index in [9.17, 15) is 9.59 Å². The molecule has 0 spiro atoms. The van der Waals surface area contributed by atoms with Crippen LogP contribution in [0.1, 0.15) is 18.4 Å². The first-order chi connectivity index (χ1) is 11.5. The first kappa shape index (κ1) is 16.2. The smallest absolute Gasteiger partial charge is 0.273 e. The van der Waals surface area contributed by atoms with Crippen LogP contribution >= 0.6 is 11.6 Å². The van der Waals surface area contributed by atoms with Gasteiger partial charge < -0.3 is 5.32 Å². The summed E-state index contributed by atoms with van der Waals surface area (Å²) in [5, 5.41) is 12.9. The van der Waals surface area contributed by atoms with E-state index in [4.69, 9.17) is 11.6 Å². The number of nitrogens with zero attached hydrogens (tertiary/aromatic N) is 4. The number of carbonyl (C=O) groups is 2. The monoisotopic (exact) mass is 345 g/mol. The maximum absolute atomic E-state index is 12.3. The lowest BCUT2D eigenvalue weighted by Crippen LogP contribution is -2.34. The van der Waals surface area contributed by atoms with Gasteiger partial charge >= 0.3 is 0 Å². The maximum atomic E-state index is 12.3. The van der Waals surface area contributed by atoms with Crippen LogP contribution in [0.15, 0.2) is 41.6 Å². The molecule has 1 aromatic heterocycles. The van der Waals surface area contributed by atoms with Crippen molar-refractivity contribution < 1.29 is 9.59 Å². The lowest BCUT2D eigenvalue weighted by Gasteiger charge is -2.19. The van der Waals surface area contributed by atoms with Crippen molar-refractivity contribution in [1.29, 1.82) is 0 Å². The van der Waals surface area contributed by atoms with Crippen LogP contribution in [0.2, 0.25) is 5.02 Å². The highest BCUT2D eigenvalue weighted by Gasteiger charge is 2.22. The molecule has 1 aliphatic heterocycles. The van der Waals surface area contributed by atoms with Gasteiger partial charge in [-0.05, 0) is 17.7 Å². The Morgan fingerprint density at radius 3 is 2.71 bits per heavy atom. The number of anilines is 1. The summed E-state index contributed by atoms with van der Waals surface area (Å²) >= 11 is 5.88. The molecule has 0 radical (unpaired) electrons. The molecule has 1 aromatic carbocycles. The Labute approximate surface area is 143 Å². The van der Waals surface area contributed by atoms with Crippen molar-refractivity contribution in [1.82, 2.24) is 14.8 Å². The predicted octanol–water partition coefficient (Wildman–Crippen LogP) is 2.13. The minimum atomic E-state index is -0.327. The minimum Gasteiger partial charge on any atom is -0.306 e. The van der Waals surface area contributed by atoms with Gasteiger partial charge in [-0.1, -0.05) is 23.7 Å². The number of nitrogens with one attached hydrogen (secondary N) is 1. The summed E-state index contributed by atoms with van der Waals surface area (Å²) < 4.78 is 1.68. The van der Waals surface area contributed by atoms with Gasteiger partial charge in [0.1, 0.15) is 11.5 Å². The van der Waals surface area contributed by atoms with Crippen LogP contribution in [0.3, 0.4) is 0 Å². The highest BCUT2D eigenvalue weighted by atomic mass is 35.5. The van der Waals surface area contributed by atoms with Gasteiger partial charge in [-0.3, -0.25) is 9.59 Å². The second-order valence-corrected chi connectivity index (χ2v) is 5.86. The maximum Gasteiger partial charge on any atom is 0.273 e. The number of benzene rings is 1. The van der Waals surface area contributed by atoms with Crippen LogP contribution in [-0.2, 0) is 16.1 Å². The van der Waals surface area contributed by atoms with Crippen molar-refractivity contribution in [3.63, 3.8) is 0 Å². The van der Waals surface area contributed by atoms with Crippen molar-refractivity contribution >= 4 is 34.9 Å². The number of hydrogen-bond acceptors (Lipinski definition) is 4. The van der Waals surface area contributed by atoms with Crippen LogP contribution in [0.4, 0.5) is 5.82 Å². The number of halogens is 1. The first-order valence-electron chi connectivity index (χ1n) is 7.44. The zero-order valence-electron chi connectivity index (χ0n) is 13.1. The average molecular weight is 346 g/mol. The molecule has 0 fully saturated rings. The molecule has 2 aromatic rings. The molecule has 1 N–H and O–H groups in total. The number of hydrogen-bond donors (Lipinski definition) is 1. The molecule has 0 saturated carbocycles. The fourth-order valence-corrected chi connectivity index (χ4v) is 2.47. The quantitative estimate of drug-likeness (QED) is 0.921. The standard InChI is InChI=1S/C16H16ClN5O2/c1-21-15(23)7-6-13(20-21)16(24)19-14-8-9-18-22(14)10-11-2-4-12(17)5-3-11/h2-5,8-9H,6-7,10H2,1H3,(H,19,24). The third-order valence-corrected chi connectivity index (χ3v) is 3.93. The summed E-state index contributed by atoms with van der Waals surface area (Å²) in [5.74, 6) is 0.142. The van der Waals surface area contributed by atoms with Crippen LogP contribution in [0, 0.1) is 0 Å². The summed E-state index contributed by atoms with van der Waals surface area (Å²) in [5.41, 5.74) is 1.34. The third kappa shape index (κ3) is 3.62. The van der Waals surface area contributed by atoms with Crippen molar-refractivity contribution in [2.75, 3.05) is 12.4 Å². The molecule has 0 aliphatic carbocycles. The normalized spacial score (nSPS) is 14.5. The third-order valence-electron chi connectivity index (χ3n) is 3.67. The average Bonchev–Trinajstić information content (AvgIpc) is 2.99. The van der Waals surface area contributed by atoms with Gasteiger partial charge in [-0.25, -0.2) is 9.69 Å². The Balaban J connectivity index is 1.71. The molecule has 0 atom stereocenters. The van der Waals surface area contributed by atoms with Crippen molar-refractivity contribution in [3.05, 3.63) is 47.1 Å². The molecule has 2 amide bonds. The van der Waals surface area contributed by atoms with Crippen molar-refractivity contribution in [3.8, 4) is 0 Å². The van der Waals surface area contributed by atoms with E-state index in [2.05, 4.69) is 15.5 Å². The number of amides is 2. The largest absolute Gasteiger partial charge is 0.306 e. The Morgan fingerprint density at radius 1 is 1.25 bits per heavy atom. The molecular formula is C16H16ClN5O2. The van der Waals surface area contributed by atoms with E-state index in [0.717, 1.165) is 5.56 Å². The number of rotatable bonds is 4. The zero-order valence-corrected chi connectivity index (χ0v) is 13.8. The first-order valence-corrected chi connectivity index (χ1v) is 7.82. The Morgan fingerprint density at radius 2 is 2.00 bits per heavy atom. The van der Waals surface area contributed by atoms with E-state index < -0.39 is 0 Å². The number of carbonyl (C=O) groups excluding carboxylic acids is 2. The molecular weight excluding hydrogens is 330 g/mol. The number of hydrazone groups is 1. The molecule has 0 saturated heterocycles. The molecule has 124 valence electrons. The van der Waals surface area contributed by atoms with E-state index in [0.29, 0.717) is 29.5 Å². The lowest BCUT2D eigenvalue weighted by atomic mass is 10.1. The Bertz CT molecular complexity index is 797. The summed E-state index contributed by atoms with van der Waals surface area (Å²) in [6.07, 6.45) is 2.23. The Hall–Kier alpha value is -2.67. The van der Waals surface area contributed by atoms with Crippen LogP contribution < -0.4 is 5.32 Å². The van der Waals surface area contributed by atoms with Crippen LogP contribution in [0.5, 0.6) is 0 Å². The minimum absolute atomic E-state index is 0.0978. The predicted molar refractivity (Wildman–Crippen MR) is 90.8 cm³/mol. The van der Waals surface area contributed by atoms with Gasteiger partial charge in [-0.15, -0.1) is 0 Å². The summed E-state index contributed by atoms with van der Waals surface area (Å²) in [6, 6.07) is 9.14. The lowest BCUT2D eigenvalue weighted by molar-refractivity contribution is -0.130. The van der Waals surface area contributed by atoms with Gasteiger partial charge in [0, 0.05) is 31.0 Å². The van der Waals surface area contributed by atoms with Gasteiger partial charge in [0.05, 0.1) is 12.7 Å². The van der Waals surface area contributed by atoms with Gasteiger partial charge in [-0.2, -0.15) is 10.2 Å². The molecule has 8 heteroatoms. The SMILES string of the molecule is CN1N=C(C(=O)Nc2ccnn2Cc2ccc(Cl)cc2)CCC1=O. The van der Waals surface area contributed by atoms with Gasteiger partial charge in [0.25, 0.3) is 5.91 Å². The second-order valence-electron chi connectivity index (χ2n) is 5.42.